The number of carboxylic acid groups (broad SMARTS) is 1. The largest absolute Gasteiger partial charge is 0.464 e. The summed E-state index contributed by atoms with van der Waals surface area (Å²) in [7, 11) is 0. The molecule has 1 aliphatic carbocycles. The lowest BCUT2D eigenvalue weighted by Gasteiger charge is -2.18. The van der Waals surface area contributed by atoms with Gasteiger partial charge in [-0.05, 0) is 37.8 Å². The van der Waals surface area contributed by atoms with Crippen LogP contribution in [0.4, 0.5) is 4.79 Å². The summed E-state index contributed by atoms with van der Waals surface area (Å²) < 4.78 is 6.97. The molecule has 6 nitrogen and oxygen atoms in total. The fourth-order valence-electron chi connectivity index (χ4n) is 3.18. The van der Waals surface area contributed by atoms with Crippen molar-refractivity contribution in [1.29, 1.82) is 0 Å². The lowest BCUT2D eigenvalue weighted by molar-refractivity contribution is -0.0493. The number of aromatic nitrogens is 2. The van der Waals surface area contributed by atoms with Crippen molar-refractivity contribution >= 4 is 17.1 Å². The molecule has 1 aromatic heterocycles. The number of aliphatic hydroxyl groups is 1. The fraction of sp³-hybridized carbons (Fsp3) is 0.467. The molecule has 0 radical (unpaired) electrons. The SMILES string of the molecule is O=C(O)n1c(C(O)[C@@H]2CCC3(CC3)O2)nc2ccccc21. The highest BCUT2D eigenvalue weighted by Gasteiger charge is 2.52. The van der Waals surface area contributed by atoms with Crippen LogP contribution < -0.4 is 0 Å². The van der Waals surface area contributed by atoms with Gasteiger partial charge in [-0.15, -0.1) is 0 Å². The second-order valence-electron chi connectivity index (χ2n) is 5.90. The molecule has 1 aromatic carbocycles. The minimum atomic E-state index is -1.14. The number of aliphatic hydroxyl groups excluding tert-OH is 1. The molecule has 6 heteroatoms. The Labute approximate surface area is 121 Å². The van der Waals surface area contributed by atoms with Gasteiger partial charge in [-0.1, -0.05) is 12.1 Å². The Balaban J connectivity index is 1.75. The third kappa shape index (κ3) is 1.94. The standard InChI is InChI=1S/C15H16N2O4/c18-12(11-5-6-15(21-11)7-8-15)13-16-9-3-1-2-4-10(9)17(13)14(19)20/h1-4,11-12,18H,5-8H2,(H,19,20)/t11-,12?/m0/s1. The number of ether oxygens (including phenoxy) is 1. The number of hydrogen-bond acceptors (Lipinski definition) is 4. The van der Waals surface area contributed by atoms with Crippen LogP contribution in [0, 0.1) is 0 Å². The zero-order valence-corrected chi connectivity index (χ0v) is 11.4. The lowest BCUT2D eigenvalue weighted by atomic mass is 10.1. The molecule has 2 heterocycles. The van der Waals surface area contributed by atoms with E-state index in [0.717, 1.165) is 30.3 Å². The van der Waals surface area contributed by atoms with E-state index in [0.29, 0.717) is 11.0 Å². The van der Waals surface area contributed by atoms with Crippen LogP contribution in [-0.4, -0.2) is 37.6 Å². The van der Waals surface area contributed by atoms with E-state index < -0.39 is 12.2 Å². The number of benzene rings is 1. The van der Waals surface area contributed by atoms with Crippen molar-refractivity contribution in [3.05, 3.63) is 30.1 Å². The van der Waals surface area contributed by atoms with Crippen molar-refractivity contribution in [3.63, 3.8) is 0 Å². The Morgan fingerprint density at radius 1 is 1.38 bits per heavy atom. The van der Waals surface area contributed by atoms with E-state index in [2.05, 4.69) is 4.98 Å². The van der Waals surface area contributed by atoms with E-state index in [1.54, 1.807) is 24.3 Å². The number of nitrogens with zero attached hydrogens (tertiary/aromatic N) is 2. The van der Waals surface area contributed by atoms with Crippen LogP contribution in [0.5, 0.6) is 0 Å². The summed E-state index contributed by atoms with van der Waals surface area (Å²) in [6.07, 6.45) is 1.20. The van der Waals surface area contributed by atoms with E-state index >= 15 is 0 Å². The number of rotatable bonds is 2. The van der Waals surface area contributed by atoms with Crippen molar-refractivity contribution in [2.75, 3.05) is 0 Å². The third-order valence-corrected chi connectivity index (χ3v) is 4.49. The monoisotopic (exact) mass is 288 g/mol. The highest BCUT2D eigenvalue weighted by atomic mass is 16.5. The molecule has 1 spiro atoms. The van der Waals surface area contributed by atoms with Gasteiger partial charge in [0.05, 0.1) is 22.7 Å². The second-order valence-corrected chi connectivity index (χ2v) is 5.90. The van der Waals surface area contributed by atoms with Gasteiger partial charge in [0.1, 0.15) is 6.10 Å². The van der Waals surface area contributed by atoms with Crippen LogP contribution in [0.3, 0.4) is 0 Å². The molecule has 2 aliphatic rings. The Kier molecular flexibility index (Phi) is 2.61. The number of fused-ring (bicyclic) bond motifs is 1. The number of hydrogen-bond donors (Lipinski definition) is 2. The minimum Gasteiger partial charge on any atom is -0.464 e. The van der Waals surface area contributed by atoms with Gasteiger partial charge in [0.2, 0.25) is 0 Å². The topological polar surface area (TPSA) is 84.6 Å². The van der Waals surface area contributed by atoms with Gasteiger partial charge in [-0.3, -0.25) is 0 Å². The van der Waals surface area contributed by atoms with Crippen LogP contribution in [-0.2, 0) is 4.74 Å². The molecule has 2 fully saturated rings. The maximum Gasteiger partial charge on any atom is 0.417 e. The molecule has 110 valence electrons. The average Bonchev–Trinajstić information content (AvgIpc) is 2.94. The molecule has 1 unspecified atom stereocenters. The third-order valence-electron chi connectivity index (χ3n) is 4.49. The van der Waals surface area contributed by atoms with Gasteiger partial charge in [0.25, 0.3) is 0 Å². The average molecular weight is 288 g/mol. The van der Waals surface area contributed by atoms with Gasteiger partial charge >= 0.3 is 6.09 Å². The molecule has 1 saturated heterocycles. The molecule has 4 rings (SSSR count). The molecule has 21 heavy (non-hydrogen) atoms. The first-order valence-electron chi connectivity index (χ1n) is 7.16. The van der Waals surface area contributed by atoms with Gasteiger partial charge in [-0.2, -0.15) is 0 Å². The van der Waals surface area contributed by atoms with E-state index in [1.165, 1.54) is 0 Å². The molecule has 1 saturated carbocycles. The molecule has 2 aromatic rings. The molecular weight excluding hydrogens is 272 g/mol. The van der Waals surface area contributed by atoms with Crippen LogP contribution >= 0.6 is 0 Å². The van der Waals surface area contributed by atoms with Crippen molar-refractivity contribution < 1.29 is 19.7 Å². The molecule has 1 aliphatic heterocycles. The minimum absolute atomic E-state index is 0.0499. The first-order valence-corrected chi connectivity index (χ1v) is 7.16. The summed E-state index contributed by atoms with van der Waals surface area (Å²) in [5, 5.41) is 20.0. The second kappa shape index (κ2) is 4.29. The highest BCUT2D eigenvalue weighted by molar-refractivity contribution is 5.86. The predicted octanol–water partition coefficient (Wildman–Crippen LogP) is 2.31. The van der Waals surface area contributed by atoms with Crippen molar-refractivity contribution in [1.82, 2.24) is 9.55 Å². The maximum atomic E-state index is 11.5. The van der Waals surface area contributed by atoms with Gasteiger partial charge < -0.3 is 14.9 Å². The summed E-state index contributed by atoms with van der Waals surface area (Å²) in [4.78, 5) is 15.8. The van der Waals surface area contributed by atoms with E-state index in [9.17, 15) is 15.0 Å². The number of imidazole rings is 1. The summed E-state index contributed by atoms with van der Waals surface area (Å²) >= 11 is 0. The maximum absolute atomic E-state index is 11.5. The Bertz CT molecular complexity index is 720. The normalized spacial score (nSPS) is 24.5. The first kappa shape index (κ1) is 12.8. The summed E-state index contributed by atoms with van der Waals surface area (Å²) in [6, 6.07) is 6.97. The first-order chi connectivity index (χ1) is 10.1. The Morgan fingerprint density at radius 2 is 2.14 bits per heavy atom. The summed E-state index contributed by atoms with van der Waals surface area (Å²) in [6.45, 7) is 0. The van der Waals surface area contributed by atoms with Gasteiger partial charge in [-0.25, -0.2) is 14.3 Å². The molecule has 2 N–H and O–H groups in total. The number of para-hydroxylation sites is 2. The van der Waals surface area contributed by atoms with E-state index in [-0.39, 0.29) is 17.5 Å². The molecule has 2 atom stereocenters. The van der Waals surface area contributed by atoms with Crippen LogP contribution in [0.1, 0.15) is 37.6 Å². The zero-order chi connectivity index (χ0) is 14.6. The lowest BCUT2D eigenvalue weighted by Crippen LogP contribution is -2.25. The van der Waals surface area contributed by atoms with Gasteiger partial charge in [0.15, 0.2) is 5.82 Å². The fourth-order valence-corrected chi connectivity index (χ4v) is 3.18. The predicted molar refractivity (Wildman–Crippen MR) is 74.2 cm³/mol. The smallest absolute Gasteiger partial charge is 0.417 e. The van der Waals surface area contributed by atoms with Crippen molar-refractivity contribution in [3.8, 4) is 0 Å². The van der Waals surface area contributed by atoms with Gasteiger partial charge in [0, 0.05) is 0 Å². The molecular formula is C15H16N2O4. The number of carbonyl (C=O) groups is 1. The van der Waals surface area contributed by atoms with Crippen LogP contribution in [0.15, 0.2) is 24.3 Å². The summed E-state index contributed by atoms with van der Waals surface area (Å²) in [5.74, 6) is 0.145. The van der Waals surface area contributed by atoms with E-state index in [4.69, 9.17) is 4.74 Å². The zero-order valence-electron chi connectivity index (χ0n) is 11.4. The molecule has 0 bridgehead atoms. The van der Waals surface area contributed by atoms with Crippen LogP contribution in [0.2, 0.25) is 0 Å². The van der Waals surface area contributed by atoms with E-state index in [1.807, 2.05) is 0 Å². The summed E-state index contributed by atoms with van der Waals surface area (Å²) in [5.41, 5.74) is 0.998. The van der Waals surface area contributed by atoms with Crippen LogP contribution in [0.25, 0.3) is 11.0 Å². The van der Waals surface area contributed by atoms with Crippen molar-refractivity contribution in [2.45, 2.75) is 43.5 Å². The Hall–Kier alpha value is -1.92. The van der Waals surface area contributed by atoms with Crippen molar-refractivity contribution in [2.24, 2.45) is 0 Å². The molecule has 0 amide bonds. The highest BCUT2D eigenvalue weighted by Crippen LogP contribution is 2.51. The Morgan fingerprint density at radius 3 is 2.81 bits per heavy atom. The quantitative estimate of drug-likeness (QED) is 0.885.